The normalized spacial score (nSPS) is 23.7. The van der Waals surface area contributed by atoms with Gasteiger partial charge in [-0.2, -0.15) is 11.8 Å². The van der Waals surface area contributed by atoms with E-state index < -0.39 is 0 Å². The lowest BCUT2D eigenvalue weighted by molar-refractivity contribution is -0.120. The number of nitrogens with zero attached hydrogens (tertiary/aromatic N) is 1. The van der Waals surface area contributed by atoms with E-state index in [0.717, 1.165) is 18.6 Å². The fraction of sp³-hybridized carbons (Fsp3) is 0.778. The zero-order valence-corrected chi connectivity index (χ0v) is 9.49. The molecular formula is C9H17N3OS. The zero-order chi connectivity index (χ0) is 10.4. The second kappa shape index (κ2) is 5.90. The Morgan fingerprint density at radius 3 is 3.00 bits per heavy atom. The number of hydrogen-bond donors (Lipinski definition) is 2. The molecule has 0 bridgehead atoms. The van der Waals surface area contributed by atoms with Crippen molar-refractivity contribution in [2.45, 2.75) is 25.8 Å². The minimum atomic E-state index is -0.0764. The Kier molecular flexibility index (Phi) is 4.79. The van der Waals surface area contributed by atoms with Gasteiger partial charge in [-0.1, -0.05) is 0 Å². The van der Waals surface area contributed by atoms with Crippen LogP contribution in [0.25, 0.3) is 0 Å². The van der Waals surface area contributed by atoms with Crippen LogP contribution < -0.4 is 10.6 Å². The van der Waals surface area contributed by atoms with E-state index in [1.807, 2.05) is 18.7 Å². The van der Waals surface area contributed by atoms with Gasteiger partial charge in [0, 0.05) is 6.54 Å². The molecule has 0 aliphatic carbocycles. The van der Waals surface area contributed by atoms with Gasteiger partial charge in [0.25, 0.3) is 0 Å². The number of thioether (sulfide) groups is 1. The lowest BCUT2D eigenvalue weighted by Crippen LogP contribution is -2.29. The summed E-state index contributed by atoms with van der Waals surface area (Å²) in [5.41, 5.74) is 0. The highest BCUT2D eigenvalue weighted by atomic mass is 32.2. The Hall–Kier alpha value is -0.710. The number of nitrogens with one attached hydrogen (secondary N) is 2. The fourth-order valence-corrected chi connectivity index (χ4v) is 1.80. The van der Waals surface area contributed by atoms with Gasteiger partial charge < -0.3 is 5.32 Å². The van der Waals surface area contributed by atoms with E-state index in [0.29, 0.717) is 12.5 Å². The third-order valence-corrected chi connectivity index (χ3v) is 2.72. The molecule has 1 aliphatic rings. The predicted molar refractivity (Wildman–Crippen MR) is 60.7 cm³/mol. The van der Waals surface area contributed by atoms with E-state index in [4.69, 9.17) is 0 Å². The summed E-state index contributed by atoms with van der Waals surface area (Å²) in [7, 11) is 0. The maximum absolute atomic E-state index is 11.4. The summed E-state index contributed by atoms with van der Waals surface area (Å²) in [6.07, 6.45) is 4.02. The van der Waals surface area contributed by atoms with Crippen LogP contribution in [0.1, 0.15) is 19.8 Å². The highest BCUT2D eigenvalue weighted by molar-refractivity contribution is 7.98. The first-order valence-electron chi connectivity index (χ1n) is 4.88. The number of carbonyl (C=O) groups is 1. The number of guanidine groups is 1. The average molecular weight is 215 g/mol. The lowest BCUT2D eigenvalue weighted by Gasteiger charge is -2.05. The van der Waals surface area contributed by atoms with Crippen LogP contribution in [0.4, 0.5) is 0 Å². The van der Waals surface area contributed by atoms with E-state index in [-0.39, 0.29) is 11.9 Å². The number of aliphatic imine (C=N–C) groups is 1. The molecule has 0 spiro atoms. The van der Waals surface area contributed by atoms with Crippen molar-refractivity contribution in [2.75, 3.05) is 18.6 Å². The summed E-state index contributed by atoms with van der Waals surface area (Å²) >= 11 is 1.81. The third kappa shape index (κ3) is 3.21. The number of hydrogen-bond acceptors (Lipinski definition) is 3. The van der Waals surface area contributed by atoms with Gasteiger partial charge >= 0.3 is 0 Å². The van der Waals surface area contributed by atoms with Crippen LogP contribution in [0.2, 0.25) is 0 Å². The van der Waals surface area contributed by atoms with Crippen LogP contribution in [0, 0.1) is 0 Å². The van der Waals surface area contributed by atoms with Crippen molar-refractivity contribution in [3.63, 3.8) is 0 Å². The highest BCUT2D eigenvalue weighted by Gasteiger charge is 2.26. The largest absolute Gasteiger partial charge is 0.344 e. The first kappa shape index (κ1) is 11.4. The molecule has 14 heavy (non-hydrogen) atoms. The van der Waals surface area contributed by atoms with Crippen LogP contribution in [-0.2, 0) is 4.79 Å². The molecular weight excluding hydrogens is 198 g/mol. The number of amides is 1. The predicted octanol–water partition coefficient (Wildman–Crippen LogP) is 0.593. The van der Waals surface area contributed by atoms with Crippen molar-refractivity contribution in [2.24, 2.45) is 4.99 Å². The Morgan fingerprint density at radius 2 is 2.36 bits per heavy atom. The van der Waals surface area contributed by atoms with Gasteiger partial charge in [-0.15, -0.1) is 0 Å². The third-order valence-electron chi connectivity index (χ3n) is 2.03. The molecule has 1 unspecified atom stereocenters. The Balaban J connectivity index is 2.33. The lowest BCUT2D eigenvalue weighted by atomic mass is 10.2. The Morgan fingerprint density at radius 1 is 1.57 bits per heavy atom. The van der Waals surface area contributed by atoms with Gasteiger partial charge in [0.2, 0.25) is 5.91 Å². The van der Waals surface area contributed by atoms with E-state index >= 15 is 0 Å². The topological polar surface area (TPSA) is 53.5 Å². The van der Waals surface area contributed by atoms with E-state index in [2.05, 4.69) is 21.9 Å². The minimum Gasteiger partial charge on any atom is -0.344 e. The summed E-state index contributed by atoms with van der Waals surface area (Å²) in [6.45, 7) is 2.64. The summed E-state index contributed by atoms with van der Waals surface area (Å²) in [4.78, 5) is 15.5. The second-order valence-electron chi connectivity index (χ2n) is 3.14. The SMILES string of the molecule is CCN=C1NC(=O)C(CCCSC)N1. The molecule has 1 fully saturated rings. The summed E-state index contributed by atoms with van der Waals surface area (Å²) < 4.78 is 0. The van der Waals surface area contributed by atoms with Gasteiger partial charge in [-0.05, 0) is 31.8 Å². The molecule has 4 nitrogen and oxygen atoms in total. The van der Waals surface area contributed by atoms with E-state index in [1.165, 1.54) is 0 Å². The molecule has 5 heteroatoms. The highest BCUT2D eigenvalue weighted by Crippen LogP contribution is 2.06. The molecule has 1 rings (SSSR count). The quantitative estimate of drug-likeness (QED) is 0.660. The molecule has 1 amide bonds. The minimum absolute atomic E-state index is 0.0540. The molecule has 0 radical (unpaired) electrons. The second-order valence-corrected chi connectivity index (χ2v) is 4.13. The van der Waals surface area contributed by atoms with Gasteiger partial charge in [-0.25, -0.2) is 0 Å². The Bertz CT molecular complexity index is 230. The molecule has 1 aliphatic heterocycles. The van der Waals surface area contributed by atoms with Crippen LogP contribution >= 0.6 is 11.8 Å². The van der Waals surface area contributed by atoms with Crippen LogP contribution in [0.3, 0.4) is 0 Å². The van der Waals surface area contributed by atoms with Gasteiger partial charge in [0.05, 0.1) is 0 Å². The smallest absolute Gasteiger partial charge is 0.249 e. The fourth-order valence-electron chi connectivity index (χ4n) is 1.35. The van der Waals surface area contributed by atoms with Crippen LogP contribution in [0.15, 0.2) is 4.99 Å². The van der Waals surface area contributed by atoms with Crippen LogP contribution in [-0.4, -0.2) is 36.5 Å². The zero-order valence-electron chi connectivity index (χ0n) is 8.67. The molecule has 0 aromatic heterocycles. The molecule has 0 saturated carbocycles. The average Bonchev–Trinajstić information content (AvgIpc) is 2.48. The standard InChI is InChI=1S/C9H17N3OS/c1-3-10-9-11-7(8(13)12-9)5-4-6-14-2/h7H,3-6H2,1-2H3,(H2,10,11,12,13). The first-order valence-corrected chi connectivity index (χ1v) is 6.28. The molecule has 80 valence electrons. The van der Waals surface area contributed by atoms with Crippen molar-refractivity contribution < 1.29 is 4.79 Å². The molecule has 0 aromatic rings. The molecule has 1 saturated heterocycles. The maximum atomic E-state index is 11.4. The van der Waals surface area contributed by atoms with Gasteiger partial charge in [0.15, 0.2) is 5.96 Å². The van der Waals surface area contributed by atoms with Crippen molar-refractivity contribution in [3.8, 4) is 0 Å². The number of rotatable bonds is 5. The molecule has 2 N–H and O–H groups in total. The van der Waals surface area contributed by atoms with Crippen molar-refractivity contribution >= 4 is 23.6 Å². The monoisotopic (exact) mass is 215 g/mol. The Labute approximate surface area is 88.9 Å². The van der Waals surface area contributed by atoms with E-state index in [9.17, 15) is 4.79 Å². The summed E-state index contributed by atoms with van der Waals surface area (Å²) in [5, 5.41) is 5.81. The molecule has 1 heterocycles. The van der Waals surface area contributed by atoms with E-state index in [1.54, 1.807) is 0 Å². The van der Waals surface area contributed by atoms with Crippen LogP contribution in [0.5, 0.6) is 0 Å². The molecule has 1 atom stereocenters. The summed E-state index contributed by atoms with van der Waals surface area (Å²) in [5.74, 6) is 1.79. The van der Waals surface area contributed by atoms with Crippen molar-refractivity contribution in [3.05, 3.63) is 0 Å². The van der Waals surface area contributed by atoms with Crippen molar-refractivity contribution in [1.82, 2.24) is 10.6 Å². The van der Waals surface area contributed by atoms with Crippen molar-refractivity contribution in [1.29, 1.82) is 0 Å². The number of carbonyl (C=O) groups excluding carboxylic acids is 1. The van der Waals surface area contributed by atoms with Gasteiger partial charge in [0.1, 0.15) is 6.04 Å². The first-order chi connectivity index (χ1) is 6.77. The molecule has 0 aromatic carbocycles. The van der Waals surface area contributed by atoms with Gasteiger partial charge in [-0.3, -0.25) is 15.1 Å². The summed E-state index contributed by atoms with van der Waals surface area (Å²) in [6, 6.07) is -0.0764. The maximum Gasteiger partial charge on any atom is 0.249 e.